The van der Waals surface area contributed by atoms with Crippen molar-refractivity contribution in [2.45, 2.75) is 56.6 Å². The van der Waals surface area contributed by atoms with E-state index < -0.39 is 9.84 Å². The maximum atomic E-state index is 12.1. The summed E-state index contributed by atoms with van der Waals surface area (Å²) in [5, 5.41) is -0.267. The normalized spacial score (nSPS) is 21.9. The van der Waals surface area contributed by atoms with Gasteiger partial charge in [-0.2, -0.15) is 0 Å². The Kier molecular flexibility index (Phi) is 4.87. The highest BCUT2D eigenvalue weighted by Gasteiger charge is 2.32. The molecule has 0 radical (unpaired) electrons. The molecule has 0 bridgehead atoms. The van der Waals surface area contributed by atoms with Crippen LogP contribution >= 0.6 is 0 Å². The third-order valence-electron chi connectivity index (χ3n) is 4.57. The summed E-state index contributed by atoms with van der Waals surface area (Å²) >= 11 is 0. The molecule has 0 atom stereocenters. The minimum Gasteiger partial charge on any atom is -0.345 e. The van der Waals surface area contributed by atoms with Crippen LogP contribution < -0.4 is 0 Å². The van der Waals surface area contributed by atoms with Gasteiger partial charge >= 0.3 is 0 Å². The van der Waals surface area contributed by atoms with Gasteiger partial charge in [0.25, 0.3) is 0 Å². The highest BCUT2D eigenvalue weighted by molar-refractivity contribution is 7.92. The lowest BCUT2D eigenvalue weighted by molar-refractivity contribution is -0.127. The Morgan fingerprint density at radius 3 is 2.16 bits per heavy atom. The van der Waals surface area contributed by atoms with E-state index in [1.54, 1.807) is 11.9 Å². The number of carbonyl (C=O) groups is 1. The lowest BCUT2D eigenvalue weighted by Crippen LogP contribution is -2.37. The number of hydrogen-bond donors (Lipinski definition) is 0. The van der Waals surface area contributed by atoms with Crippen LogP contribution in [0.2, 0.25) is 0 Å². The topological polar surface area (TPSA) is 54.5 Å². The van der Waals surface area contributed by atoms with Gasteiger partial charge in [-0.3, -0.25) is 4.79 Å². The number of hydrogen-bond acceptors (Lipinski definition) is 3. The molecule has 0 unspecified atom stereocenters. The predicted octanol–water partition coefficient (Wildman–Crippen LogP) is 1.99. The molecule has 4 nitrogen and oxygen atoms in total. The number of sulfone groups is 1. The van der Waals surface area contributed by atoms with Crippen LogP contribution in [0.3, 0.4) is 0 Å². The molecule has 2 fully saturated rings. The third-order valence-corrected chi connectivity index (χ3v) is 6.70. The molecule has 0 aromatic carbocycles. The van der Waals surface area contributed by atoms with Crippen LogP contribution in [0.15, 0.2) is 0 Å². The third kappa shape index (κ3) is 3.94. The molecule has 0 aromatic heterocycles. The Morgan fingerprint density at radius 1 is 1.05 bits per heavy atom. The molecule has 110 valence electrons. The predicted molar refractivity (Wildman–Crippen MR) is 75.6 cm³/mol. The lowest BCUT2D eigenvalue weighted by Gasteiger charge is -2.22. The van der Waals surface area contributed by atoms with Crippen molar-refractivity contribution in [2.24, 2.45) is 5.92 Å². The molecule has 0 aromatic rings. The van der Waals surface area contributed by atoms with E-state index in [0.29, 0.717) is 5.92 Å². The fourth-order valence-electron chi connectivity index (χ4n) is 3.33. The smallest absolute Gasteiger partial charge is 0.237 e. The minimum absolute atomic E-state index is 0.223. The van der Waals surface area contributed by atoms with Crippen molar-refractivity contribution in [3.63, 3.8) is 0 Å². The molecule has 2 rings (SSSR count). The Bertz CT molecular complexity index is 406. The molecular weight excluding hydrogens is 262 g/mol. The van der Waals surface area contributed by atoms with Gasteiger partial charge in [0.2, 0.25) is 5.91 Å². The van der Waals surface area contributed by atoms with Gasteiger partial charge in [-0.1, -0.05) is 25.7 Å². The molecule has 0 saturated heterocycles. The minimum atomic E-state index is -3.23. The van der Waals surface area contributed by atoms with Gasteiger partial charge in [-0.25, -0.2) is 8.42 Å². The summed E-state index contributed by atoms with van der Waals surface area (Å²) in [7, 11) is -1.49. The van der Waals surface area contributed by atoms with E-state index in [-0.39, 0.29) is 16.9 Å². The second kappa shape index (κ2) is 6.25. The van der Waals surface area contributed by atoms with E-state index in [9.17, 15) is 13.2 Å². The summed E-state index contributed by atoms with van der Waals surface area (Å²) in [6.45, 7) is 0.721. The molecule has 0 spiro atoms. The summed E-state index contributed by atoms with van der Waals surface area (Å²) in [6.07, 6.45) is 8.27. The molecule has 0 aliphatic heterocycles. The van der Waals surface area contributed by atoms with Crippen LogP contribution in [0.1, 0.15) is 51.4 Å². The van der Waals surface area contributed by atoms with E-state index in [1.807, 2.05) is 0 Å². The first kappa shape index (κ1) is 14.8. The van der Waals surface area contributed by atoms with Gasteiger partial charge in [-0.15, -0.1) is 0 Å². The van der Waals surface area contributed by atoms with Gasteiger partial charge < -0.3 is 4.90 Å². The molecule has 2 aliphatic rings. The second-order valence-electron chi connectivity index (χ2n) is 6.14. The van der Waals surface area contributed by atoms with Gasteiger partial charge in [-0.05, 0) is 31.6 Å². The standard InChI is InChI=1S/C14H25NO3S/c1-15(10-12-6-2-3-7-12)14(16)11-19(17,18)13-8-4-5-9-13/h12-13H,2-11H2,1H3. The second-order valence-corrected chi connectivity index (χ2v) is 8.42. The van der Waals surface area contributed by atoms with Crippen LogP contribution in [-0.2, 0) is 14.6 Å². The number of amides is 1. The van der Waals surface area contributed by atoms with Crippen LogP contribution in [0.4, 0.5) is 0 Å². The SMILES string of the molecule is CN(CC1CCCC1)C(=O)CS(=O)(=O)C1CCCC1. The molecule has 5 heteroatoms. The summed E-state index contributed by atoms with van der Waals surface area (Å²) in [5.74, 6) is 0.0582. The van der Waals surface area contributed by atoms with E-state index in [1.165, 1.54) is 25.7 Å². The first-order valence-corrected chi connectivity index (χ1v) is 9.16. The van der Waals surface area contributed by atoms with E-state index >= 15 is 0 Å². The van der Waals surface area contributed by atoms with Crippen molar-refractivity contribution in [2.75, 3.05) is 19.3 Å². The Morgan fingerprint density at radius 2 is 1.58 bits per heavy atom. The van der Waals surface area contributed by atoms with E-state index in [0.717, 1.165) is 32.2 Å². The largest absolute Gasteiger partial charge is 0.345 e. The van der Waals surface area contributed by atoms with Crippen LogP contribution in [-0.4, -0.2) is 43.8 Å². The summed E-state index contributed by atoms with van der Waals surface area (Å²) < 4.78 is 24.3. The summed E-state index contributed by atoms with van der Waals surface area (Å²) in [5.41, 5.74) is 0. The zero-order chi connectivity index (χ0) is 13.9. The Balaban J connectivity index is 1.85. The number of rotatable bonds is 5. The lowest BCUT2D eigenvalue weighted by atomic mass is 10.1. The Hall–Kier alpha value is -0.580. The average molecular weight is 287 g/mol. The van der Waals surface area contributed by atoms with Gasteiger partial charge in [0.05, 0.1) is 5.25 Å². The zero-order valence-corrected chi connectivity index (χ0v) is 12.6. The van der Waals surface area contributed by atoms with Crippen molar-refractivity contribution < 1.29 is 13.2 Å². The summed E-state index contributed by atoms with van der Waals surface area (Å²) in [6, 6.07) is 0. The van der Waals surface area contributed by atoms with Crippen molar-refractivity contribution >= 4 is 15.7 Å². The molecule has 19 heavy (non-hydrogen) atoms. The monoisotopic (exact) mass is 287 g/mol. The molecule has 0 heterocycles. The van der Waals surface area contributed by atoms with Crippen molar-refractivity contribution in [1.82, 2.24) is 4.90 Å². The molecule has 0 N–H and O–H groups in total. The first-order chi connectivity index (χ1) is 8.99. The number of carbonyl (C=O) groups excluding carboxylic acids is 1. The first-order valence-electron chi connectivity index (χ1n) is 7.44. The summed E-state index contributed by atoms with van der Waals surface area (Å²) in [4.78, 5) is 13.7. The fourth-order valence-corrected chi connectivity index (χ4v) is 5.18. The van der Waals surface area contributed by atoms with Crippen LogP contribution in [0, 0.1) is 5.92 Å². The Labute approximate surface area is 116 Å². The number of nitrogens with zero attached hydrogens (tertiary/aromatic N) is 1. The highest BCUT2D eigenvalue weighted by Crippen LogP contribution is 2.27. The maximum Gasteiger partial charge on any atom is 0.237 e. The van der Waals surface area contributed by atoms with Gasteiger partial charge in [0, 0.05) is 13.6 Å². The van der Waals surface area contributed by atoms with Crippen molar-refractivity contribution in [1.29, 1.82) is 0 Å². The van der Waals surface area contributed by atoms with Gasteiger partial charge in [0.1, 0.15) is 5.75 Å². The average Bonchev–Trinajstić information content (AvgIpc) is 3.00. The maximum absolute atomic E-state index is 12.1. The quantitative estimate of drug-likeness (QED) is 0.777. The van der Waals surface area contributed by atoms with Crippen LogP contribution in [0.25, 0.3) is 0 Å². The van der Waals surface area contributed by atoms with Gasteiger partial charge in [0.15, 0.2) is 9.84 Å². The molecule has 2 saturated carbocycles. The van der Waals surface area contributed by atoms with E-state index in [2.05, 4.69) is 0 Å². The molecule has 2 aliphatic carbocycles. The molecular formula is C14H25NO3S. The van der Waals surface area contributed by atoms with E-state index in [4.69, 9.17) is 0 Å². The van der Waals surface area contributed by atoms with Crippen molar-refractivity contribution in [3.05, 3.63) is 0 Å². The molecule has 1 amide bonds. The fraction of sp³-hybridized carbons (Fsp3) is 0.929. The highest BCUT2D eigenvalue weighted by atomic mass is 32.2. The zero-order valence-electron chi connectivity index (χ0n) is 11.8. The van der Waals surface area contributed by atoms with Crippen molar-refractivity contribution in [3.8, 4) is 0 Å². The van der Waals surface area contributed by atoms with Crippen LogP contribution in [0.5, 0.6) is 0 Å².